The topological polar surface area (TPSA) is 13.1 Å². The van der Waals surface area contributed by atoms with Crippen LogP contribution in [0.2, 0.25) is 0 Å². The van der Waals surface area contributed by atoms with Gasteiger partial charge in [-0.2, -0.15) is 11.3 Å². The van der Waals surface area contributed by atoms with Crippen LogP contribution in [0.15, 0.2) is 57.6 Å². The Balaban J connectivity index is 1.90. The summed E-state index contributed by atoms with van der Waals surface area (Å²) in [7, 11) is 0. The third-order valence-corrected chi connectivity index (χ3v) is 5.76. The summed E-state index contributed by atoms with van der Waals surface area (Å²) >= 11 is 5.59. The van der Waals surface area contributed by atoms with Crippen LogP contribution in [0.4, 0.5) is 0 Å². The van der Waals surface area contributed by atoms with E-state index in [0.717, 1.165) is 11.2 Å². The Bertz CT molecular complexity index is 935. The average Bonchev–Trinajstić information content (AvgIpc) is 3.09. The Hall–Kier alpha value is -1.58. The fraction of sp³-hybridized carbons (Fsp3) is 0.111. The first-order valence-corrected chi connectivity index (χ1v) is 8.68. The van der Waals surface area contributed by atoms with Crippen LogP contribution in [0.25, 0.3) is 21.9 Å². The average molecular weight is 357 g/mol. The van der Waals surface area contributed by atoms with Crippen LogP contribution in [0, 0.1) is 6.92 Å². The van der Waals surface area contributed by atoms with Crippen LogP contribution in [0.3, 0.4) is 0 Å². The molecule has 1 nitrogen and oxygen atoms in total. The first kappa shape index (κ1) is 13.1. The summed E-state index contributed by atoms with van der Waals surface area (Å²) < 4.78 is 5.89. The number of thiophene rings is 1. The molecular weight excluding hydrogens is 344 g/mol. The van der Waals surface area contributed by atoms with E-state index in [2.05, 4.69) is 63.9 Å². The van der Waals surface area contributed by atoms with Gasteiger partial charge in [-0.25, -0.2) is 0 Å². The first-order valence-electron chi connectivity index (χ1n) is 6.82. The SMILES string of the molecule is Cc1cscc1C(Br)c1ccc2oc3ccccc3c2c1. The molecule has 2 aromatic carbocycles. The lowest BCUT2D eigenvalue weighted by Crippen LogP contribution is -1.92. The summed E-state index contributed by atoms with van der Waals surface area (Å²) in [5.41, 5.74) is 5.82. The fourth-order valence-electron chi connectivity index (χ4n) is 2.71. The van der Waals surface area contributed by atoms with Gasteiger partial charge in [-0.15, -0.1) is 0 Å². The lowest BCUT2D eigenvalue weighted by Gasteiger charge is -2.10. The minimum Gasteiger partial charge on any atom is -0.456 e. The molecule has 0 aliphatic rings. The van der Waals surface area contributed by atoms with Gasteiger partial charge in [-0.05, 0) is 52.6 Å². The number of furan rings is 1. The second-order valence-corrected chi connectivity index (χ2v) is 6.89. The van der Waals surface area contributed by atoms with Crippen LogP contribution in [0.5, 0.6) is 0 Å². The monoisotopic (exact) mass is 356 g/mol. The van der Waals surface area contributed by atoms with Crippen molar-refractivity contribution >= 4 is 49.2 Å². The summed E-state index contributed by atoms with van der Waals surface area (Å²) in [6.45, 7) is 2.16. The van der Waals surface area contributed by atoms with Gasteiger partial charge in [-0.3, -0.25) is 0 Å². The molecule has 2 aromatic heterocycles. The summed E-state index contributed by atoms with van der Waals surface area (Å²) in [4.78, 5) is 0.224. The normalized spacial score (nSPS) is 13.0. The second-order valence-electron chi connectivity index (χ2n) is 5.23. The molecule has 4 aromatic rings. The number of alkyl halides is 1. The molecule has 4 rings (SSSR count). The van der Waals surface area contributed by atoms with Gasteiger partial charge in [0, 0.05) is 10.8 Å². The van der Waals surface area contributed by atoms with Gasteiger partial charge in [0.1, 0.15) is 11.2 Å². The largest absolute Gasteiger partial charge is 0.456 e. The zero-order chi connectivity index (χ0) is 14.4. The molecular formula is C18H13BrOS. The number of aryl methyl sites for hydroxylation is 1. The Kier molecular flexibility index (Phi) is 3.12. The van der Waals surface area contributed by atoms with E-state index in [1.165, 1.54) is 27.5 Å². The number of halogens is 1. The molecule has 1 atom stereocenters. The van der Waals surface area contributed by atoms with Gasteiger partial charge in [-0.1, -0.05) is 40.2 Å². The van der Waals surface area contributed by atoms with Crippen molar-refractivity contribution in [2.75, 3.05) is 0 Å². The third-order valence-electron chi connectivity index (χ3n) is 3.86. The van der Waals surface area contributed by atoms with Gasteiger partial charge in [0.2, 0.25) is 0 Å². The smallest absolute Gasteiger partial charge is 0.135 e. The van der Waals surface area contributed by atoms with Crippen molar-refractivity contribution in [3.05, 3.63) is 69.9 Å². The number of fused-ring (bicyclic) bond motifs is 3. The molecule has 0 N–H and O–H groups in total. The lowest BCUT2D eigenvalue weighted by atomic mass is 10.0. The molecule has 0 radical (unpaired) electrons. The van der Waals surface area contributed by atoms with Crippen molar-refractivity contribution in [1.29, 1.82) is 0 Å². The van der Waals surface area contributed by atoms with Crippen LogP contribution in [0.1, 0.15) is 21.5 Å². The second kappa shape index (κ2) is 5.00. The zero-order valence-electron chi connectivity index (χ0n) is 11.5. The van der Waals surface area contributed by atoms with Crippen molar-refractivity contribution in [2.24, 2.45) is 0 Å². The third kappa shape index (κ3) is 2.12. The standard InChI is InChI=1S/C18H13BrOS/c1-11-9-21-10-15(11)18(19)12-6-7-17-14(8-12)13-4-2-3-5-16(13)20-17/h2-10,18H,1H3. The van der Waals surface area contributed by atoms with Crippen LogP contribution in [-0.2, 0) is 0 Å². The molecule has 104 valence electrons. The molecule has 0 spiro atoms. The summed E-state index contributed by atoms with van der Waals surface area (Å²) in [5.74, 6) is 0. The highest BCUT2D eigenvalue weighted by Gasteiger charge is 2.15. The maximum atomic E-state index is 5.89. The van der Waals surface area contributed by atoms with Crippen LogP contribution < -0.4 is 0 Å². The van der Waals surface area contributed by atoms with Crippen LogP contribution >= 0.6 is 27.3 Å². The summed E-state index contributed by atoms with van der Waals surface area (Å²) in [5, 5.41) is 6.76. The van der Waals surface area contributed by atoms with Crippen LogP contribution in [-0.4, -0.2) is 0 Å². The molecule has 3 heteroatoms. The van der Waals surface area contributed by atoms with E-state index in [1.807, 2.05) is 12.1 Å². The molecule has 1 unspecified atom stereocenters. The number of hydrogen-bond donors (Lipinski definition) is 0. The fourth-order valence-corrected chi connectivity index (χ4v) is 4.54. The van der Waals surface area contributed by atoms with Gasteiger partial charge < -0.3 is 4.42 Å². The minimum atomic E-state index is 0.224. The predicted molar refractivity (Wildman–Crippen MR) is 93.5 cm³/mol. The maximum Gasteiger partial charge on any atom is 0.135 e. The Morgan fingerprint density at radius 3 is 2.62 bits per heavy atom. The molecule has 0 aliphatic carbocycles. The molecule has 0 bridgehead atoms. The number of rotatable bonds is 2. The highest BCUT2D eigenvalue weighted by molar-refractivity contribution is 9.09. The van der Waals surface area contributed by atoms with Gasteiger partial charge in [0.25, 0.3) is 0 Å². The van der Waals surface area contributed by atoms with E-state index in [0.29, 0.717) is 0 Å². The van der Waals surface area contributed by atoms with E-state index < -0.39 is 0 Å². The molecule has 0 saturated carbocycles. The van der Waals surface area contributed by atoms with Crippen molar-refractivity contribution in [1.82, 2.24) is 0 Å². The van der Waals surface area contributed by atoms with Gasteiger partial charge in [0.15, 0.2) is 0 Å². The lowest BCUT2D eigenvalue weighted by molar-refractivity contribution is 0.669. The minimum absolute atomic E-state index is 0.224. The van der Waals surface area contributed by atoms with E-state index in [4.69, 9.17) is 4.42 Å². The van der Waals surface area contributed by atoms with Gasteiger partial charge in [0.05, 0.1) is 4.83 Å². The Morgan fingerprint density at radius 2 is 1.81 bits per heavy atom. The summed E-state index contributed by atoms with van der Waals surface area (Å²) in [6.07, 6.45) is 0. The van der Waals surface area contributed by atoms with Crippen molar-refractivity contribution in [3.63, 3.8) is 0 Å². The number of para-hydroxylation sites is 1. The molecule has 21 heavy (non-hydrogen) atoms. The van der Waals surface area contributed by atoms with Gasteiger partial charge >= 0.3 is 0 Å². The highest BCUT2D eigenvalue weighted by atomic mass is 79.9. The predicted octanol–water partition coefficient (Wildman–Crippen LogP) is 6.44. The molecule has 0 saturated heterocycles. The van der Waals surface area contributed by atoms with E-state index in [-0.39, 0.29) is 4.83 Å². The van der Waals surface area contributed by atoms with Crippen molar-refractivity contribution < 1.29 is 4.42 Å². The molecule has 0 aliphatic heterocycles. The van der Waals surface area contributed by atoms with Crippen molar-refractivity contribution in [2.45, 2.75) is 11.8 Å². The number of hydrogen-bond acceptors (Lipinski definition) is 2. The molecule has 2 heterocycles. The van der Waals surface area contributed by atoms with E-state index >= 15 is 0 Å². The zero-order valence-corrected chi connectivity index (χ0v) is 13.9. The summed E-state index contributed by atoms with van der Waals surface area (Å²) in [6, 6.07) is 14.6. The Labute approximate surface area is 135 Å². The quantitative estimate of drug-likeness (QED) is 0.376. The molecule has 0 fully saturated rings. The first-order chi connectivity index (χ1) is 10.2. The molecule has 0 amide bonds. The van der Waals surface area contributed by atoms with E-state index in [9.17, 15) is 0 Å². The Morgan fingerprint density at radius 1 is 1.00 bits per heavy atom. The van der Waals surface area contributed by atoms with E-state index in [1.54, 1.807) is 11.3 Å². The van der Waals surface area contributed by atoms with Crippen molar-refractivity contribution in [3.8, 4) is 0 Å². The maximum absolute atomic E-state index is 5.89. The highest BCUT2D eigenvalue weighted by Crippen LogP contribution is 2.37. The number of benzene rings is 2.